The van der Waals surface area contributed by atoms with Crippen molar-refractivity contribution in [3.8, 4) is 0 Å². The summed E-state index contributed by atoms with van der Waals surface area (Å²) in [5.74, 6) is -1.17. The second kappa shape index (κ2) is 9.00. The van der Waals surface area contributed by atoms with Crippen LogP contribution >= 0.6 is 0 Å². The minimum absolute atomic E-state index is 0.0929. The molecule has 1 aromatic heterocycles. The smallest absolute Gasteiger partial charge is 0.240 e. The summed E-state index contributed by atoms with van der Waals surface area (Å²) in [5.41, 5.74) is 14.7. The molecule has 0 aliphatic heterocycles. The number of amides is 2. The topological polar surface area (TPSA) is 131 Å². The predicted molar refractivity (Wildman–Crippen MR) is 116 cm³/mol. The Morgan fingerprint density at radius 1 is 1.30 bits per heavy atom. The van der Waals surface area contributed by atoms with Gasteiger partial charge < -0.3 is 26.6 Å². The maximum absolute atomic E-state index is 13.1. The molecule has 2 aromatic rings. The first-order chi connectivity index (χ1) is 14.3. The first kappa shape index (κ1) is 22.0. The van der Waals surface area contributed by atoms with Crippen LogP contribution in [0.3, 0.4) is 0 Å². The fraction of sp³-hybridized carbons (Fsp3) is 0.522. The lowest BCUT2D eigenvalue weighted by Crippen LogP contribution is -2.52. The van der Waals surface area contributed by atoms with E-state index in [-0.39, 0.29) is 17.7 Å². The second-order valence-corrected chi connectivity index (χ2v) is 8.83. The minimum atomic E-state index is -0.707. The van der Waals surface area contributed by atoms with Gasteiger partial charge in [0.05, 0.1) is 5.54 Å². The summed E-state index contributed by atoms with van der Waals surface area (Å²) in [6, 6.07) is 7.29. The molecule has 2 amide bonds. The van der Waals surface area contributed by atoms with Crippen molar-refractivity contribution in [3.63, 3.8) is 0 Å². The van der Waals surface area contributed by atoms with Crippen molar-refractivity contribution < 1.29 is 14.4 Å². The van der Waals surface area contributed by atoms with Crippen LogP contribution in [-0.4, -0.2) is 29.1 Å². The van der Waals surface area contributed by atoms with Crippen molar-refractivity contribution in [2.75, 3.05) is 0 Å². The van der Waals surface area contributed by atoms with Crippen LogP contribution in [0.5, 0.6) is 0 Å². The number of unbranched alkanes of at least 4 members (excludes halogenated alkanes) is 2. The van der Waals surface area contributed by atoms with E-state index in [9.17, 15) is 14.4 Å². The van der Waals surface area contributed by atoms with E-state index in [4.69, 9.17) is 11.5 Å². The van der Waals surface area contributed by atoms with E-state index in [2.05, 4.69) is 10.3 Å². The summed E-state index contributed by atoms with van der Waals surface area (Å²) >= 11 is 0. The third-order valence-corrected chi connectivity index (χ3v) is 6.21. The zero-order valence-corrected chi connectivity index (χ0v) is 17.7. The highest BCUT2D eigenvalue weighted by Gasteiger charge is 2.42. The van der Waals surface area contributed by atoms with Gasteiger partial charge >= 0.3 is 0 Å². The second-order valence-electron chi connectivity index (χ2n) is 8.83. The van der Waals surface area contributed by atoms with Gasteiger partial charge in [0.25, 0.3) is 0 Å². The Morgan fingerprint density at radius 2 is 2.03 bits per heavy atom. The molecule has 1 aliphatic carbocycles. The number of carbonyl (C=O) groups excluding carboxylic acids is 3. The Kier molecular flexibility index (Phi) is 6.61. The molecule has 0 spiro atoms. The van der Waals surface area contributed by atoms with Gasteiger partial charge in [0.2, 0.25) is 11.8 Å². The first-order valence-electron chi connectivity index (χ1n) is 10.7. The quantitative estimate of drug-likeness (QED) is 0.372. The van der Waals surface area contributed by atoms with Crippen molar-refractivity contribution in [2.24, 2.45) is 23.3 Å². The standard InChI is InChI=1S/C23H32N4O3/c1-14(2)19(21(24)29)27-22(30)15-12-17-16-8-4-5-9-18(16)26-20(17)23(25,13-15)10-6-3-7-11-28/h4-5,8-9,11,14-15,19,26H,3,6-7,10,12-13,25H2,1-2H3,(H2,24,29)(H,27,30)/t15?,19-,23?/m0/s1. The highest BCUT2D eigenvalue weighted by Crippen LogP contribution is 2.42. The summed E-state index contributed by atoms with van der Waals surface area (Å²) < 4.78 is 0. The number of benzene rings is 1. The molecule has 7 nitrogen and oxygen atoms in total. The maximum Gasteiger partial charge on any atom is 0.240 e. The minimum Gasteiger partial charge on any atom is -0.368 e. The van der Waals surface area contributed by atoms with Crippen molar-refractivity contribution in [2.45, 2.75) is 64.0 Å². The number of hydrogen-bond donors (Lipinski definition) is 4. The van der Waals surface area contributed by atoms with Crippen LogP contribution < -0.4 is 16.8 Å². The zero-order chi connectivity index (χ0) is 21.9. The number of fused-ring (bicyclic) bond motifs is 3. The number of H-pyrrole nitrogens is 1. The van der Waals surface area contributed by atoms with E-state index in [0.717, 1.165) is 41.3 Å². The average Bonchev–Trinajstić information content (AvgIpc) is 3.08. The van der Waals surface area contributed by atoms with Crippen LogP contribution in [0.15, 0.2) is 24.3 Å². The van der Waals surface area contributed by atoms with Gasteiger partial charge in [-0.1, -0.05) is 38.5 Å². The van der Waals surface area contributed by atoms with Crippen molar-refractivity contribution in [3.05, 3.63) is 35.5 Å². The van der Waals surface area contributed by atoms with Crippen LogP contribution in [0.4, 0.5) is 0 Å². The number of aromatic nitrogens is 1. The van der Waals surface area contributed by atoms with Crippen LogP contribution in [0.25, 0.3) is 10.9 Å². The molecule has 3 atom stereocenters. The summed E-state index contributed by atoms with van der Waals surface area (Å²) in [6.45, 7) is 3.71. The number of aldehydes is 1. The summed E-state index contributed by atoms with van der Waals surface area (Å²) in [5, 5.41) is 3.92. The third kappa shape index (κ3) is 4.41. The van der Waals surface area contributed by atoms with Gasteiger partial charge in [0.1, 0.15) is 12.3 Å². The Morgan fingerprint density at radius 3 is 2.70 bits per heavy atom. The number of hydrogen-bond acceptors (Lipinski definition) is 4. The Bertz CT molecular complexity index is 936. The largest absolute Gasteiger partial charge is 0.368 e. The van der Waals surface area contributed by atoms with Crippen molar-refractivity contribution in [1.82, 2.24) is 10.3 Å². The SMILES string of the molecule is CC(C)[C@H](NC(=O)C1Cc2c([nH]c3ccccc23)C(N)(CCCCC=O)C1)C(N)=O. The number of rotatable bonds is 9. The van der Waals surface area contributed by atoms with Gasteiger partial charge in [-0.25, -0.2) is 0 Å². The maximum atomic E-state index is 13.1. The van der Waals surface area contributed by atoms with E-state index >= 15 is 0 Å². The summed E-state index contributed by atoms with van der Waals surface area (Å²) in [7, 11) is 0. The highest BCUT2D eigenvalue weighted by molar-refractivity contribution is 5.90. The summed E-state index contributed by atoms with van der Waals surface area (Å²) in [6.07, 6.45) is 4.71. The molecular weight excluding hydrogens is 380 g/mol. The van der Waals surface area contributed by atoms with Gasteiger partial charge in [-0.15, -0.1) is 0 Å². The molecule has 1 aliphatic rings. The fourth-order valence-corrected chi connectivity index (χ4v) is 4.62. The van der Waals surface area contributed by atoms with Crippen molar-refractivity contribution in [1.29, 1.82) is 0 Å². The fourth-order valence-electron chi connectivity index (χ4n) is 4.62. The van der Waals surface area contributed by atoms with Crippen LogP contribution in [0.1, 0.15) is 57.2 Å². The molecule has 6 N–H and O–H groups in total. The Labute approximate surface area is 177 Å². The monoisotopic (exact) mass is 412 g/mol. The molecule has 162 valence electrons. The molecule has 0 bridgehead atoms. The lowest BCUT2D eigenvalue weighted by molar-refractivity contribution is -0.131. The van der Waals surface area contributed by atoms with Gasteiger partial charge in [-0.05, 0) is 43.2 Å². The zero-order valence-electron chi connectivity index (χ0n) is 17.7. The normalized spacial score (nSPS) is 21.9. The first-order valence-corrected chi connectivity index (χ1v) is 10.7. The van der Waals surface area contributed by atoms with Crippen LogP contribution in [0.2, 0.25) is 0 Å². The lowest BCUT2D eigenvalue weighted by Gasteiger charge is -2.38. The molecule has 3 rings (SSSR count). The molecule has 1 heterocycles. The van der Waals surface area contributed by atoms with Crippen LogP contribution in [0, 0.1) is 11.8 Å². The molecule has 0 fully saturated rings. The Hall–Kier alpha value is -2.67. The average molecular weight is 413 g/mol. The molecule has 0 saturated heterocycles. The number of primary amides is 1. The molecule has 7 heteroatoms. The molecule has 0 radical (unpaired) electrons. The number of nitrogens with one attached hydrogen (secondary N) is 2. The van der Waals surface area contributed by atoms with E-state index in [1.165, 1.54) is 0 Å². The van der Waals surface area contributed by atoms with E-state index in [1.807, 2.05) is 38.1 Å². The molecular formula is C23H32N4O3. The Balaban J connectivity index is 1.91. The lowest BCUT2D eigenvalue weighted by atomic mass is 9.72. The van der Waals surface area contributed by atoms with E-state index in [1.54, 1.807) is 0 Å². The molecule has 2 unspecified atom stereocenters. The molecule has 1 aromatic carbocycles. The van der Waals surface area contributed by atoms with Crippen molar-refractivity contribution >= 4 is 29.0 Å². The number of carbonyl (C=O) groups is 3. The molecule has 0 saturated carbocycles. The van der Waals surface area contributed by atoms with Gasteiger partial charge in [0, 0.05) is 28.9 Å². The highest BCUT2D eigenvalue weighted by atomic mass is 16.2. The third-order valence-electron chi connectivity index (χ3n) is 6.21. The number of para-hydroxylation sites is 1. The van der Waals surface area contributed by atoms with E-state index in [0.29, 0.717) is 25.7 Å². The summed E-state index contributed by atoms with van der Waals surface area (Å²) in [4.78, 5) is 39.1. The number of nitrogens with two attached hydrogens (primary N) is 2. The predicted octanol–water partition coefficient (Wildman–Crippen LogP) is 2.27. The van der Waals surface area contributed by atoms with Gasteiger partial charge in [-0.3, -0.25) is 9.59 Å². The number of aromatic amines is 1. The van der Waals surface area contributed by atoms with Crippen LogP contribution in [-0.2, 0) is 26.3 Å². The van der Waals surface area contributed by atoms with E-state index < -0.39 is 17.5 Å². The van der Waals surface area contributed by atoms with Gasteiger partial charge in [0.15, 0.2) is 0 Å². The molecule has 30 heavy (non-hydrogen) atoms. The van der Waals surface area contributed by atoms with Gasteiger partial charge in [-0.2, -0.15) is 0 Å².